The van der Waals surface area contributed by atoms with E-state index in [0.717, 1.165) is 0 Å². The van der Waals surface area contributed by atoms with Crippen molar-refractivity contribution >= 4 is 32.3 Å². The third-order valence-corrected chi connectivity index (χ3v) is 12.3. The molecule has 0 saturated heterocycles. The van der Waals surface area contributed by atoms with E-state index in [0.29, 0.717) is 0 Å². The van der Waals surface area contributed by atoms with E-state index in [1.165, 1.54) is 99.1 Å². The maximum Gasteiger partial charge on any atom is -0.000764 e. The van der Waals surface area contributed by atoms with Crippen molar-refractivity contribution in [2.45, 2.75) is 105 Å². The normalized spacial score (nSPS) is 12.8. The molecule has 0 aliphatic carbocycles. The second kappa shape index (κ2) is 14.1. The Labute approximate surface area is 348 Å². The lowest BCUT2D eigenvalue weighted by molar-refractivity contribution is 0.590. The summed E-state index contributed by atoms with van der Waals surface area (Å²) in [4.78, 5) is 0. The summed E-state index contributed by atoms with van der Waals surface area (Å²) in [6, 6.07) is 56.0. The molecule has 0 nitrogen and oxygen atoms in total. The van der Waals surface area contributed by atoms with Gasteiger partial charge in [0.1, 0.15) is 0 Å². The van der Waals surface area contributed by atoms with Crippen molar-refractivity contribution in [3.63, 3.8) is 0 Å². The number of rotatable bonds is 4. The zero-order valence-corrected chi connectivity index (χ0v) is 36.9. The fourth-order valence-electron chi connectivity index (χ4n) is 8.76. The van der Waals surface area contributed by atoms with Crippen LogP contribution in [0.15, 0.2) is 146 Å². The Morgan fingerprint density at radius 3 is 1.16 bits per heavy atom. The second-order valence-electron chi connectivity index (χ2n) is 20.7. The Balaban J connectivity index is 1.68. The molecule has 8 aromatic carbocycles. The molecule has 0 spiro atoms. The van der Waals surface area contributed by atoms with Gasteiger partial charge in [-0.15, -0.1) is 0 Å². The number of hydrogen-bond donors (Lipinski definition) is 0. The summed E-state index contributed by atoms with van der Waals surface area (Å²) >= 11 is 0. The smallest absolute Gasteiger partial charge is 0.000764 e. The van der Waals surface area contributed by atoms with Crippen LogP contribution in [-0.2, 0) is 21.7 Å². The lowest BCUT2D eigenvalue weighted by Crippen LogP contribution is -2.12. The van der Waals surface area contributed by atoms with E-state index < -0.39 is 0 Å². The van der Waals surface area contributed by atoms with E-state index in [2.05, 4.69) is 229 Å². The molecular weight excluding hydrogens is 697 g/mol. The molecule has 58 heavy (non-hydrogen) atoms. The van der Waals surface area contributed by atoms with Crippen LogP contribution >= 0.6 is 0 Å². The fraction of sp³-hybridized carbons (Fsp3) is 0.276. The summed E-state index contributed by atoms with van der Waals surface area (Å²) in [6.07, 6.45) is 0. The van der Waals surface area contributed by atoms with E-state index in [9.17, 15) is 0 Å². The molecule has 292 valence electrons. The molecule has 0 bridgehead atoms. The van der Waals surface area contributed by atoms with Gasteiger partial charge in [0.25, 0.3) is 0 Å². The molecule has 0 aliphatic rings. The minimum absolute atomic E-state index is 0.00819. The third-order valence-electron chi connectivity index (χ3n) is 12.3. The summed E-state index contributed by atoms with van der Waals surface area (Å²) in [5, 5.41) is 7.73. The summed E-state index contributed by atoms with van der Waals surface area (Å²) in [5.41, 5.74) is 15.5. The van der Waals surface area contributed by atoms with Crippen molar-refractivity contribution in [2.24, 2.45) is 0 Å². The summed E-state index contributed by atoms with van der Waals surface area (Å²) in [7, 11) is 0. The SMILES string of the molecule is CC(C)(C)c1ccc(-c2cc(C(C)(C)C)cc3c(-c4ccccc4)c4c(-c5ccc(C(C)(C)C)cc5)c5ccc(C(C)(C)C)cc5cc4c(-c4ccccc4)c23)cc1. The maximum absolute atomic E-state index is 2.52. The van der Waals surface area contributed by atoms with Gasteiger partial charge >= 0.3 is 0 Å². The van der Waals surface area contributed by atoms with Crippen LogP contribution in [-0.4, -0.2) is 0 Å². The highest BCUT2D eigenvalue weighted by molar-refractivity contribution is 6.31. The highest BCUT2D eigenvalue weighted by Crippen LogP contribution is 2.53. The molecule has 0 aliphatic heterocycles. The monoisotopic (exact) mass is 756 g/mol. The first-order valence-electron chi connectivity index (χ1n) is 21.2. The maximum atomic E-state index is 2.52. The van der Waals surface area contributed by atoms with Gasteiger partial charge in [-0.3, -0.25) is 0 Å². The largest absolute Gasteiger partial charge is 0.0622 e. The first-order valence-corrected chi connectivity index (χ1v) is 21.2. The standard InChI is InChI=1S/C58H60/c1-55(2,3)42-27-23-37(24-28-42)47-35-45(58(10,11)12)36-49-52(39-21-17-14-18-22-39)54-48(51(53(47)49)38-19-15-13-16-20-38)34-41-33-44(57(7,8)9)31-32-46(41)50(54)40-25-29-43(30-26-40)56(4,5)6/h13-36H,1-12H3. The van der Waals surface area contributed by atoms with Gasteiger partial charge in [-0.1, -0.05) is 210 Å². The molecule has 0 unspecified atom stereocenters. The first-order chi connectivity index (χ1) is 27.3. The van der Waals surface area contributed by atoms with Crippen molar-refractivity contribution in [1.82, 2.24) is 0 Å². The summed E-state index contributed by atoms with van der Waals surface area (Å²) in [5.74, 6) is 0. The number of benzene rings is 8. The van der Waals surface area contributed by atoms with Crippen LogP contribution in [0.25, 0.3) is 76.8 Å². The predicted octanol–water partition coefficient (Wildman–Crippen LogP) is 17.0. The molecule has 0 fully saturated rings. The van der Waals surface area contributed by atoms with Crippen LogP contribution in [0.2, 0.25) is 0 Å². The second-order valence-corrected chi connectivity index (χ2v) is 20.7. The first kappa shape index (κ1) is 39.4. The highest BCUT2D eigenvalue weighted by atomic mass is 14.3. The van der Waals surface area contributed by atoms with Crippen LogP contribution in [0.4, 0.5) is 0 Å². The Kier molecular flexibility index (Phi) is 9.59. The molecule has 0 atom stereocenters. The van der Waals surface area contributed by atoms with Crippen molar-refractivity contribution in [2.75, 3.05) is 0 Å². The number of fused-ring (bicyclic) bond motifs is 3. The minimum Gasteiger partial charge on any atom is -0.0622 e. The lowest BCUT2D eigenvalue weighted by atomic mass is 9.76. The van der Waals surface area contributed by atoms with Crippen molar-refractivity contribution in [3.8, 4) is 44.5 Å². The molecule has 0 aromatic heterocycles. The van der Waals surface area contributed by atoms with Gasteiger partial charge in [-0.05, 0) is 139 Å². The molecular formula is C58H60. The summed E-state index contributed by atoms with van der Waals surface area (Å²) < 4.78 is 0. The molecule has 8 rings (SSSR count). The molecule has 8 aromatic rings. The summed E-state index contributed by atoms with van der Waals surface area (Å²) in [6.45, 7) is 27.8. The van der Waals surface area contributed by atoms with Gasteiger partial charge in [0.15, 0.2) is 0 Å². The van der Waals surface area contributed by atoms with Crippen LogP contribution in [0, 0.1) is 0 Å². The zero-order valence-electron chi connectivity index (χ0n) is 36.9. The van der Waals surface area contributed by atoms with E-state index in [-0.39, 0.29) is 21.7 Å². The van der Waals surface area contributed by atoms with Crippen LogP contribution < -0.4 is 0 Å². The van der Waals surface area contributed by atoms with E-state index in [1.54, 1.807) is 0 Å². The van der Waals surface area contributed by atoms with Crippen LogP contribution in [0.3, 0.4) is 0 Å². The molecule has 0 heteroatoms. The lowest BCUT2D eigenvalue weighted by Gasteiger charge is -2.28. The molecule has 0 radical (unpaired) electrons. The van der Waals surface area contributed by atoms with Gasteiger partial charge in [0.2, 0.25) is 0 Å². The molecule has 0 saturated carbocycles. The fourth-order valence-corrected chi connectivity index (χ4v) is 8.76. The zero-order chi connectivity index (χ0) is 41.4. The van der Waals surface area contributed by atoms with Crippen LogP contribution in [0.5, 0.6) is 0 Å². The van der Waals surface area contributed by atoms with Crippen molar-refractivity contribution in [1.29, 1.82) is 0 Å². The van der Waals surface area contributed by atoms with E-state index >= 15 is 0 Å². The average Bonchev–Trinajstić information content (AvgIpc) is 3.18. The van der Waals surface area contributed by atoms with Crippen molar-refractivity contribution in [3.05, 3.63) is 168 Å². The van der Waals surface area contributed by atoms with Gasteiger partial charge in [-0.2, -0.15) is 0 Å². The third kappa shape index (κ3) is 7.17. The van der Waals surface area contributed by atoms with Gasteiger partial charge in [-0.25, -0.2) is 0 Å². The highest BCUT2D eigenvalue weighted by Gasteiger charge is 2.27. The Morgan fingerprint density at radius 1 is 0.276 bits per heavy atom. The molecule has 0 N–H and O–H groups in total. The van der Waals surface area contributed by atoms with Crippen molar-refractivity contribution < 1.29 is 0 Å². The Morgan fingerprint density at radius 2 is 0.672 bits per heavy atom. The van der Waals surface area contributed by atoms with Gasteiger partial charge < -0.3 is 0 Å². The van der Waals surface area contributed by atoms with Gasteiger partial charge in [0, 0.05) is 0 Å². The number of hydrogen-bond acceptors (Lipinski definition) is 0. The molecule has 0 heterocycles. The predicted molar refractivity (Wildman–Crippen MR) is 256 cm³/mol. The topological polar surface area (TPSA) is 0 Å². The minimum atomic E-state index is -0.0809. The average molecular weight is 757 g/mol. The van der Waals surface area contributed by atoms with E-state index in [1.807, 2.05) is 0 Å². The molecule has 0 amide bonds. The van der Waals surface area contributed by atoms with E-state index in [4.69, 9.17) is 0 Å². The Bertz CT molecular complexity index is 2790. The van der Waals surface area contributed by atoms with Crippen LogP contribution in [0.1, 0.15) is 105 Å². The van der Waals surface area contributed by atoms with Gasteiger partial charge in [0.05, 0.1) is 0 Å². The quantitative estimate of drug-likeness (QED) is 0.157. The Hall–Kier alpha value is -5.46.